The summed E-state index contributed by atoms with van der Waals surface area (Å²) in [7, 11) is 0. The summed E-state index contributed by atoms with van der Waals surface area (Å²) in [5.74, 6) is -1.96. The van der Waals surface area contributed by atoms with Crippen LogP contribution in [0.2, 0.25) is 5.02 Å². The second-order valence-electron chi connectivity index (χ2n) is 5.84. The highest BCUT2D eigenvalue weighted by Crippen LogP contribution is 2.34. The number of amides is 1. The fourth-order valence-corrected chi connectivity index (χ4v) is 3.06. The molecule has 1 atom stereocenters. The second-order valence-corrected chi connectivity index (χ2v) is 6.25. The molecule has 1 unspecified atom stereocenters. The Morgan fingerprint density at radius 3 is 2.81 bits per heavy atom. The Hall–Kier alpha value is -2.81. The van der Waals surface area contributed by atoms with Gasteiger partial charge in [-0.2, -0.15) is 0 Å². The lowest BCUT2D eigenvalue weighted by atomic mass is 10.1. The molecule has 0 saturated heterocycles. The Labute approximate surface area is 157 Å². The van der Waals surface area contributed by atoms with E-state index < -0.39 is 25.0 Å². The summed E-state index contributed by atoms with van der Waals surface area (Å²) in [6.45, 7) is 0.914. The minimum absolute atomic E-state index is 0.0289. The third kappa shape index (κ3) is 3.68. The highest BCUT2D eigenvalue weighted by Gasteiger charge is 2.34. The number of carboxylic acids is 1. The van der Waals surface area contributed by atoms with E-state index in [2.05, 4.69) is 9.97 Å². The molecule has 27 heavy (non-hydrogen) atoms. The smallest absolute Gasteiger partial charge is 0.272 e. The zero-order chi connectivity index (χ0) is 19.7. The third-order valence-corrected chi connectivity index (χ3v) is 4.46. The first-order valence-electron chi connectivity index (χ1n) is 7.86. The molecule has 3 heterocycles. The Bertz CT molecular complexity index is 910. The van der Waals surface area contributed by atoms with Gasteiger partial charge in [0.05, 0.1) is 17.7 Å². The predicted molar refractivity (Wildman–Crippen MR) is 87.6 cm³/mol. The van der Waals surface area contributed by atoms with Crippen molar-refractivity contribution < 1.29 is 28.2 Å². The van der Waals surface area contributed by atoms with Crippen molar-refractivity contribution in [2.24, 2.45) is 0 Å². The number of fused-ring (bicyclic) bond motifs is 1. The van der Waals surface area contributed by atoms with Gasteiger partial charge in [0.15, 0.2) is 6.61 Å². The average molecular weight is 397 g/mol. The molecule has 0 aromatic carbocycles. The molecule has 0 saturated carbocycles. The van der Waals surface area contributed by atoms with Crippen LogP contribution >= 0.6 is 11.6 Å². The normalized spacial score (nSPS) is 14.4. The van der Waals surface area contributed by atoms with Crippen LogP contribution in [0.25, 0.3) is 0 Å². The Morgan fingerprint density at radius 1 is 1.44 bits per heavy atom. The molecule has 1 amide bonds. The quantitative estimate of drug-likeness (QED) is 0.739. The van der Waals surface area contributed by atoms with Gasteiger partial charge in [-0.25, -0.2) is 13.8 Å². The standard InChI is InChI=1S/C17H14ClF2N3O4/c1-8(9-4-12(18)15(22-5-9)27-7-13(19)20)23-6-11-10(16(23)24)2-3-21-14(11)17(25)26/h2-5,8,13H,6-7H2,1H3,(H,25,26)/p-1. The van der Waals surface area contributed by atoms with Gasteiger partial charge in [-0.05, 0) is 24.6 Å². The number of hydrogen-bond donors (Lipinski definition) is 0. The highest BCUT2D eigenvalue weighted by molar-refractivity contribution is 6.31. The van der Waals surface area contributed by atoms with Crippen LogP contribution < -0.4 is 9.84 Å². The fraction of sp³-hybridized carbons (Fsp3) is 0.294. The van der Waals surface area contributed by atoms with E-state index >= 15 is 0 Å². The first-order valence-corrected chi connectivity index (χ1v) is 8.24. The average Bonchev–Trinajstić information content (AvgIpc) is 2.96. The van der Waals surface area contributed by atoms with E-state index in [1.807, 2.05) is 0 Å². The van der Waals surface area contributed by atoms with Crippen LogP contribution in [0, 0.1) is 0 Å². The number of alkyl halides is 2. The topological polar surface area (TPSA) is 95.4 Å². The zero-order valence-electron chi connectivity index (χ0n) is 14.0. The maximum absolute atomic E-state index is 12.6. The number of hydrogen-bond acceptors (Lipinski definition) is 6. The molecule has 0 bridgehead atoms. The van der Waals surface area contributed by atoms with Crippen LogP contribution in [0.5, 0.6) is 5.88 Å². The van der Waals surface area contributed by atoms with Crippen molar-refractivity contribution in [2.75, 3.05) is 6.61 Å². The third-order valence-electron chi connectivity index (χ3n) is 4.19. The summed E-state index contributed by atoms with van der Waals surface area (Å²) < 4.78 is 29.3. The molecule has 0 spiro atoms. The Balaban J connectivity index is 1.84. The summed E-state index contributed by atoms with van der Waals surface area (Å²) in [6, 6.07) is 2.41. The monoisotopic (exact) mass is 396 g/mol. The van der Waals surface area contributed by atoms with Crippen molar-refractivity contribution in [1.29, 1.82) is 0 Å². The predicted octanol–water partition coefficient (Wildman–Crippen LogP) is 1.85. The van der Waals surface area contributed by atoms with Crippen LogP contribution in [0.1, 0.15) is 44.9 Å². The van der Waals surface area contributed by atoms with Crippen LogP contribution in [0.4, 0.5) is 8.78 Å². The minimum Gasteiger partial charge on any atom is -0.543 e. The largest absolute Gasteiger partial charge is 0.543 e. The summed E-state index contributed by atoms with van der Waals surface area (Å²) in [5.41, 5.74) is 0.785. The van der Waals surface area contributed by atoms with E-state index in [1.165, 1.54) is 29.4 Å². The summed E-state index contributed by atoms with van der Waals surface area (Å²) >= 11 is 6.02. The van der Waals surface area contributed by atoms with Crippen molar-refractivity contribution in [3.63, 3.8) is 0 Å². The summed E-state index contributed by atoms with van der Waals surface area (Å²) in [5, 5.41) is 11.2. The summed E-state index contributed by atoms with van der Waals surface area (Å²) in [4.78, 5) is 33.0. The van der Waals surface area contributed by atoms with Gasteiger partial charge >= 0.3 is 0 Å². The molecule has 1 aliphatic heterocycles. The van der Waals surface area contributed by atoms with Gasteiger partial charge < -0.3 is 19.5 Å². The van der Waals surface area contributed by atoms with Crippen LogP contribution in [0.3, 0.4) is 0 Å². The van der Waals surface area contributed by atoms with Gasteiger partial charge in [-0.1, -0.05) is 11.6 Å². The number of carboxylic acid groups (broad SMARTS) is 1. The minimum atomic E-state index is -2.66. The van der Waals surface area contributed by atoms with Gasteiger partial charge in [0.2, 0.25) is 5.88 Å². The lowest BCUT2D eigenvalue weighted by Crippen LogP contribution is -2.28. The SMILES string of the molecule is CC(c1cnc(OCC(F)F)c(Cl)c1)N1Cc2c(ccnc2C(=O)[O-])C1=O. The van der Waals surface area contributed by atoms with E-state index in [4.69, 9.17) is 16.3 Å². The number of aromatic carboxylic acids is 1. The van der Waals surface area contributed by atoms with Gasteiger partial charge in [0.1, 0.15) is 5.02 Å². The first-order chi connectivity index (χ1) is 12.8. The number of carbonyl (C=O) groups excluding carboxylic acids is 2. The number of aromatic nitrogens is 2. The van der Waals surface area contributed by atoms with Gasteiger partial charge in [0.25, 0.3) is 12.3 Å². The molecule has 0 radical (unpaired) electrons. The second kappa shape index (κ2) is 7.43. The number of nitrogens with zero attached hydrogens (tertiary/aromatic N) is 3. The number of rotatable bonds is 6. The van der Waals surface area contributed by atoms with Crippen molar-refractivity contribution in [3.8, 4) is 5.88 Å². The molecular weight excluding hydrogens is 384 g/mol. The molecule has 0 fully saturated rings. The molecular formula is C17H13ClF2N3O4-. The lowest BCUT2D eigenvalue weighted by Gasteiger charge is -2.25. The molecule has 3 rings (SSSR count). The van der Waals surface area contributed by atoms with Crippen molar-refractivity contribution in [1.82, 2.24) is 14.9 Å². The number of ether oxygens (including phenoxy) is 1. The van der Waals surface area contributed by atoms with Crippen LogP contribution in [0.15, 0.2) is 24.5 Å². The van der Waals surface area contributed by atoms with Gasteiger partial charge in [-0.15, -0.1) is 0 Å². The molecule has 10 heteroatoms. The number of halogens is 3. The molecule has 1 aliphatic rings. The maximum atomic E-state index is 12.6. The van der Waals surface area contributed by atoms with E-state index in [0.29, 0.717) is 5.56 Å². The Morgan fingerprint density at radius 2 is 2.19 bits per heavy atom. The zero-order valence-corrected chi connectivity index (χ0v) is 14.7. The molecule has 0 N–H and O–H groups in total. The van der Waals surface area contributed by atoms with Crippen LogP contribution in [-0.2, 0) is 6.54 Å². The maximum Gasteiger partial charge on any atom is 0.272 e. The number of carbonyl (C=O) groups is 2. The van der Waals surface area contributed by atoms with Gasteiger partial charge in [0, 0.05) is 30.1 Å². The molecule has 7 nitrogen and oxygen atoms in total. The molecule has 2 aromatic rings. The van der Waals surface area contributed by atoms with Crippen LogP contribution in [-0.4, -0.2) is 39.8 Å². The lowest BCUT2D eigenvalue weighted by molar-refractivity contribution is -0.255. The van der Waals surface area contributed by atoms with Crippen molar-refractivity contribution in [2.45, 2.75) is 25.9 Å². The molecule has 0 aliphatic carbocycles. The van der Waals surface area contributed by atoms with Gasteiger partial charge in [-0.3, -0.25) is 9.78 Å². The van der Waals surface area contributed by atoms with E-state index in [1.54, 1.807) is 6.92 Å². The Kier molecular flexibility index (Phi) is 5.22. The summed E-state index contributed by atoms with van der Waals surface area (Å²) in [6.07, 6.45) is -0.0523. The molecule has 2 aromatic heterocycles. The fourth-order valence-electron chi connectivity index (χ4n) is 2.84. The number of pyridine rings is 2. The molecule has 142 valence electrons. The van der Waals surface area contributed by atoms with Crippen molar-refractivity contribution in [3.05, 3.63) is 51.9 Å². The van der Waals surface area contributed by atoms with E-state index in [-0.39, 0.29) is 40.2 Å². The van der Waals surface area contributed by atoms with E-state index in [9.17, 15) is 23.5 Å². The van der Waals surface area contributed by atoms with Crippen molar-refractivity contribution >= 4 is 23.5 Å². The highest BCUT2D eigenvalue weighted by atomic mass is 35.5. The first kappa shape index (κ1) is 19.0. The van der Waals surface area contributed by atoms with E-state index in [0.717, 1.165) is 0 Å².